The Kier molecular flexibility index (Phi) is 3.55. The summed E-state index contributed by atoms with van der Waals surface area (Å²) in [5, 5.41) is -0.0270. The molecule has 0 saturated carbocycles. The van der Waals surface area contributed by atoms with E-state index in [1.165, 1.54) is 29.1 Å². The average molecular weight is 317 g/mol. The van der Waals surface area contributed by atoms with Gasteiger partial charge in [-0.05, 0) is 0 Å². The maximum absolute atomic E-state index is 11.3. The first-order chi connectivity index (χ1) is 9.55. The number of imidazole rings is 1. The van der Waals surface area contributed by atoms with E-state index in [1.54, 1.807) is 0 Å². The van der Waals surface area contributed by atoms with Gasteiger partial charge in [-0.1, -0.05) is 0 Å². The maximum Gasteiger partial charge on any atom is 0.337 e. The summed E-state index contributed by atoms with van der Waals surface area (Å²) in [5.41, 5.74) is 6.69. The van der Waals surface area contributed by atoms with Gasteiger partial charge in [0.25, 0.3) is 0 Å². The molecule has 2 aromatic heterocycles. The van der Waals surface area contributed by atoms with Crippen molar-refractivity contribution < 1.29 is 18.8 Å². The third kappa shape index (κ3) is 2.73. The topological polar surface area (TPSA) is 125 Å². The number of aromatic nitrogens is 4. The first-order valence-electron chi connectivity index (χ1n) is 5.70. The van der Waals surface area contributed by atoms with Crippen molar-refractivity contribution in [1.82, 2.24) is 19.7 Å². The molecule has 108 valence electrons. The van der Waals surface area contributed by atoms with Crippen molar-refractivity contribution in [3.63, 3.8) is 0 Å². The molecule has 3 rings (SSSR count). The van der Waals surface area contributed by atoms with Gasteiger partial charge in [0, 0.05) is 0 Å². The summed E-state index contributed by atoms with van der Waals surface area (Å²) in [5.74, 6) is 0.286. The normalized spacial score (nSPS) is 26.8. The molecule has 0 bridgehead atoms. The fourth-order valence-corrected chi connectivity index (χ4v) is 4.40. The predicted octanol–water partition coefficient (Wildman–Crippen LogP) is 0.112. The van der Waals surface area contributed by atoms with Crippen LogP contribution >= 0.6 is 19.4 Å². The molecule has 0 radical (unpaired) electrons. The van der Waals surface area contributed by atoms with Crippen LogP contribution in [0.3, 0.4) is 0 Å². The number of rotatable bonds is 3. The summed E-state index contributed by atoms with van der Waals surface area (Å²) in [6.45, 7) is 0.474. The summed E-state index contributed by atoms with van der Waals surface area (Å²) in [4.78, 5) is 26.8. The number of anilines is 1. The number of nitrogens with two attached hydrogens (primary N) is 1. The molecule has 1 aliphatic rings. The zero-order chi connectivity index (χ0) is 14.2. The van der Waals surface area contributed by atoms with Crippen LogP contribution in [0.4, 0.5) is 5.82 Å². The standard InChI is InChI=1S/C9H12N5O4PS/c10-8-7-9(12-3-11-8)14(4-13-7)17-1-6-2-18-19(15,16)5-20-6/h3-4,6H,1-2,5H2,(H,15,16)(H2,10,11,12). The predicted molar refractivity (Wildman–Crippen MR) is 73.2 cm³/mol. The molecule has 2 atom stereocenters. The molecule has 0 amide bonds. The molecule has 20 heavy (non-hydrogen) atoms. The van der Waals surface area contributed by atoms with Crippen LogP contribution in [0.2, 0.25) is 0 Å². The third-order valence-electron chi connectivity index (χ3n) is 2.67. The van der Waals surface area contributed by atoms with Gasteiger partial charge in [-0.2, -0.15) is 4.73 Å². The van der Waals surface area contributed by atoms with Gasteiger partial charge in [0.1, 0.15) is 19.3 Å². The van der Waals surface area contributed by atoms with Crippen molar-refractivity contribution in [1.29, 1.82) is 0 Å². The van der Waals surface area contributed by atoms with Crippen molar-refractivity contribution in [2.45, 2.75) is 5.25 Å². The average Bonchev–Trinajstić information content (AvgIpc) is 2.82. The minimum absolute atomic E-state index is 0.0270. The lowest BCUT2D eigenvalue weighted by Gasteiger charge is -2.24. The van der Waals surface area contributed by atoms with Crippen molar-refractivity contribution in [3.05, 3.63) is 12.7 Å². The second kappa shape index (κ2) is 5.21. The van der Waals surface area contributed by atoms with Gasteiger partial charge in [0.05, 0.1) is 17.4 Å². The van der Waals surface area contributed by atoms with E-state index in [-0.39, 0.29) is 23.2 Å². The number of thioether (sulfide) groups is 1. The van der Waals surface area contributed by atoms with E-state index < -0.39 is 7.60 Å². The van der Waals surface area contributed by atoms with Crippen molar-refractivity contribution >= 4 is 36.3 Å². The number of nitrogen functional groups attached to an aromatic ring is 1. The zero-order valence-corrected chi connectivity index (χ0v) is 12.0. The van der Waals surface area contributed by atoms with Gasteiger partial charge in [0.15, 0.2) is 11.3 Å². The number of hydrogen-bond acceptors (Lipinski definition) is 8. The van der Waals surface area contributed by atoms with Crippen molar-refractivity contribution in [2.24, 2.45) is 0 Å². The highest BCUT2D eigenvalue weighted by molar-refractivity contribution is 8.05. The Bertz CT molecular complexity index is 667. The van der Waals surface area contributed by atoms with Gasteiger partial charge in [0.2, 0.25) is 5.65 Å². The number of nitrogens with zero attached hydrogens (tertiary/aromatic N) is 4. The van der Waals surface area contributed by atoms with Gasteiger partial charge >= 0.3 is 7.60 Å². The second-order valence-electron chi connectivity index (χ2n) is 4.15. The van der Waals surface area contributed by atoms with E-state index in [1.807, 2.05) is 0 Å². The van der Waals surface area contributed by atoms with E-state index in [0.29, 0.717) is 17.8 Å². The summed E-state index contributed by atoms with van der Waals surface area (Å²) < 4.78 is 17.5. The number of fused-ring (bicyclic) bond motifs is 1. The lowest BCUT2D eigenvalue weighted by molar-refractivity contribution is 0.106. The molecule has 1 fully saturated rings. The van der Waals surface area contributed by atoms with E-state index in [2.05, 4.69) is 15.0 Å². The second-order valence-corrected chi connectivity index (χ2v) is 7.71. The van der Waals surface area contributed by atoms with Gasteiger partial charge in [-0.3, -0.25) is 4.57 Å². The molecular formula is C9H12N5O4PS. The van der Waals surface area contributed by atoms with Crippen LogP contribution < -0.4 is 10.6 Å². The quantitative estimate of drug-likeness (QED) is 0.758. The molecule has 9 nitrogen and oxygen atoms in total. The van der Waals surface area contributed by atoms with Crippen LogP contribution in [-0.2, 0) is 9.09 Å². The lowest BCUT2D eigenvalue weighted by atomic mass is 10.5. The Morgan fingerprint density at radius 1 is 1.60 bits per heavy atom. The molecule has 0 spiro atoms. The van der Waals surface area contributed by atoms with Crippen LogP contribution in [0.25, 0.3) is 11.2 Å². The van der Waals surface area contributed by atoms with E-state index in [9.17, 15) is 9.46 Å². The highest BCUT2D eigenvalue weighted by Gasteiger charge is 2.30. The highest BCUT2D eigenvalue weighted by Crippen LogP contribution is 2.50. The van der Waals surface area contributed by atoms with Crippen LogP contribution in [0.1, 0.15) is 0 Å². The van der Waals surface area contributed by atoms with Gasteiger partial charge in [-0.25, -0.2) is 15.0 Å². The molecule has 11 heteroatoms. The smallest absolute Gasteiger partial charge is 0.337 e. The Hall–Kier alpha value is -1.35. The van der Waals surface area contributed by atoms with E-state index in [4.69, 9.17) is 15.1 Å². The van der Waals surface area contributed by atoms with Crippen LogP contribution in [-0.4, -0.2) is 48.5 Å². The Morgan fingerprint density at radius 2 is 2.45 bits per heavy atom. The molecular weight excluding hydrogens is 305 g/mol. The monoisotopic (exact) mass is 317 g/mol. The fraction of sp³-hybridized carbons (Fsp3) is 0.444. The highest BCUT2D eigenvalue weighted by atomic mass is 32.2. The first-order valence-corrected chi connectivity index (χ1v) is 8.51. The van der Waals surface area contributed by atoms with Gasteiger partial charge < -0.3 is 20.0 Å². The molecule has 3 heterocycles. The Balaban J connectivity index is 1.66. The molecule has 3 N–H and O–H groups in total. The summed E-state index contributed by atoms with van der Waals surface area (Å²) in [7, 11) is -3.40. The van der Waals surface area contributed by atoms with Crippen LogP contribution in [0, 0.1) is 0 Å². The minimum Gasteiger partial charge on any atom is -0.410 e. The molecule has 0 aromatic carbocycles. The van der Waals surface area contributed by atoms with Gasteiger partial charge in [-0.15, -0.1) is 11.8 Å². The summed E-state index contributed by atoms with van der Waals surface area (Å²) >= 11 is 1.35. The SMILES string of the molecule is Nc1ncnc2c1ncn2OCC1COP(=O)(O)CS1. The van der Waals surface area contributed by atoms with Crippen molar-refractivity contribution in [2.75, 3.05) is 24.4 Å². The zero-order valence-electron chi connectivity index (χ0n) is 10.2. The molecule has 2 aromatic rings. The summed E-state index contributed by atoms with van der Waals surface area (Å²) in [6, 6.07) is 0. The minimum atomic E-state index is -3.40. The Labute approximate surface area is 118 Å². The van der Waals surface area contributed by atoms with Crippen LogP contribution in [0.5, 0.6) is 0 Å². The molecule has 2 unspecified atom stereocenters. The largest absolute Gasteiger partial charge is 0.410 e. The lowest BCUT2D eigenvalue weighted by Crippen LogP contribution is -2.28. The van der Waals surface area contributed by atoms with Crippen LogP contribution in [0.15, 0.2) is 12.7 Å². The molecule has 1 aliphatic heterocycles. The molecule has 0 aliphatic carbocycles. The maximum atomic E-state index is 11.3. The third-order valence-corrected chi connectivity index (χ3v) is 5.86. The molecule has 1 saturated heterocycles. The van der Waals surface area contributed by atoms with E-state index in [0.717, 1.165) is 0 Å². The van der Waals surface area contributed by atoms with E-state index >= 15 is 0 Å². The fourth-order valence-electron chi connectivity index (χ4n) is 1.67. The van der Waals surface area contributed by atoms with Crippen molar-refractivity contribution in [3.8, 4) is 0 Å². The summed E-state index contributed by atoms with van der Waals surface area (Å²) in [6.07, 6.45) is 2.79. The Morgan fingerprint density at radius 3 is 3.20 bits per heavy atom. The first kappa shape index (κ1) is 13.6. The number of hydrogen-bond donors (Lipinski definition) is 2.